The smallest absolute Gasteiger partial charge is 0.150 e. The zero-order valence-electron chi connectivity index (χ0n) is 9.27. The van der Waals surface area contributed by atoms with Gasteiger partial charge in [-0.15, -0.1) is 11.3 Å². The van der Waals surface area contributed by atoms with Gasteiger partial charge in [0.1, 0.15) is 0 Å². The molecule has 0 saturated carbocycles. The van der Waals surface area contributed by atoms with Gasteiger partial charge in [0.15, 0.2) is 6.04 Å². The van der Waals surface area contributed by atoms with Gasteiger partial charge >= 0.3 is 0 Å². The molecule has 86 valence electrons. The third-order valence-corrected chi connectivity index (χ3v) is 4.33. The molecule has 1 unspecified atom stereocenters. The van der Waals surface area contributed by atoms with Gasteiger partial charge in [0, 0.05) is 10.2 Å². The molecule has 0 aliphatic carbocycles. The molecule has 0 aliphatic rings. The van der Waals surface area contributed by atoms with Gasteiger partial charge in [-0.25, -0.2) is 0 Å². The maximum absolute atomic E-state index is 9.21. The predicted molar refractivity (Wildman–Crippen MR) is 75.2 cm³/mol. The Hall–Kier alpha value is -1.31. The fourth-order valence-electron chi connectivity index (χ4n) is 1.48. The van der Waals surface area contributed by atoms with Gasteiger partial charge in [-0.1, -0.05) is 17.7 Å². The van der Waals surface area contributed by atoms with E-state index < -0.39 is 0 Å². The molecule has 0 spiro atoms. The van der Waals surface area contributed by atoms with Crippen LogP contribution in [-0.4, -0.2) is 0 Å². The topological polar surface area (TPSA) is 35.8 Å². The van der Waals surface area contributed by atoms with Crippen molar-refractivity contribution in [2.45, 2.75) is 13.0 Å². The molecule has 0 bridgehead atoms. The van der Waals surface area contributed by atoms with E-state index in [9.17, 15) is 5.26 Å². The molecule has 0 aliphatic heterocycles. The lowest BCUT2D eigenvalue weighted by Crippen LogP contribution is -2.07. The zero-order chi connectivity index (χ0) is 12.3. The first kappa shape index (κ1) is 12.2. The lowest BCUT2D eigenvalue weighted by molar-refractivity contribution is 1.02. The summed E-state index contributed by atoms with van der Waals surface area (Å²) in [5.41, 5.74) is 2.17. The van der Waals surface area contributed by atoms with Crippen molar-refractivity contribution < 1.29 is 0 Å². The minimum Gasteiger partial charge on any atom is -0.366 e. The second-order valence-corrected chi connectivity index (χ2v) is 5.51. The Morgan fingerprint density at radius 1 is 1.29 bits per heavy atom. The molecule has 1 aromatic carbocycles. The molecule has 2 rings (SSSR count). The largest absolute Gasteiger partial charge is 0.366 e. The Kier molecular flexibility index (Phi) is 3.82. The van der Waals surface area contributed by atoms with Gasteiger partial charge < -0.3 is 5.32 Å². The molecule has 0 saturated heterocycles. The second kappa shape index (κ2) is 5.35. The molecule has 1 atom stereocenters. The molecular formula is C13H11BrN2S. The number of halogens is 1. The molecule has 1 aromatic heterocycles. The molecule has 2 nitrogen and oxygen atoms in total. The van der Waals surface area contributed by atoms with E-state index in [-0.39, 0.29) is 6.04 Å². The summed E-state index contributed by atoms with van der Waals surface area (Å²) in [5, 5.41) is 14.4. The summed E-state index contributed by atoms with van der Waals surface area (Å²) in [6.45, 7) is 2.04. The minimum absolute atomic E-state index is 0.313. The number of benzene rings is 1. The Morgan fingerprint density at radius 3 is 2.53 bits per heavy atom. The van der Waals surface area contributed by atoms with Crippen LogP contribution in [0.3, 0.4) is 0 Å². The fourth-order valence-corrected chi connectivity index (χ4v) is 3.08. The lowest BCUT2D eigenvalue weighted by Gasteiger charge is -2.12. The number of thiophene rings is 1. The summed E-state index contributed by atoms with van der Waals surface area (Å²) in [6, 6.07) is 12.0. The first-order valence-corrected chi connectivity index (χ1v) is 6.83. The van der Waals surface area contributed by atoms with Crippen LogP contribution in [0.15, 0.2) is 40.2 Å². The van der Waals surface area contributed by atoms with Gasteiger partial charge in [0.2, 0.25) is 0 Å². The van der Waals surface area contributed by atoms with Crippen LogP contribution in [0.2, 0.25) is 0 Å². The number of nitriles is 1. The first-order valence-electron chi connectivity index (χ1n) is 5.16. The number of nitrogens with zero attached hydrogens (tertiary/aromatic N) is 1. The van der Waals surface area contributed by atoms with Gasteiger partial charge in [0.05, 0.1) is 10.9 Å². The highest BCUT2D eigenvalue weighted by Crippen LogP contribution is 2.30. The van der Waals surface area contributed by atoms with Crippen molar-refractivity contribution in [3.05, 3.63) is 50.6 Å². The lowest BCUT2D eigenvalue weighted by atomic mass is 10.2. The van der Waals surface area contributed by atoms with E-state index in [1.54, 1.807) is 11.3 Å². The first-order chi connectivity index (χ1) is 8.20. The Labute approximate surface area is 113 Å². The molecular weight excluding hydrogens is 296 g/mol. The van der Waals surface area contributed by atoms with Gasteiger partial charge in [0.25, 0.3) is 0 Å². The molecule has 1 heterocycles. The number of rotatable bonds is 3. The minimum atomic E-state index is -0.313. The SMILES string of the molecule is Cc1ccc(NC(C#N)c2sccc2Br)cc1. The van der Waals surface area contributed by atoms with E-state index in [0.29, 0.717) is 0 Å². The van der Waals surface area contributed by atoms with Gasteiger partial charge in [-0.3, -0.25) is 0 Å². The van der Waals surface area contributed by atoms with E-state index in [4.69, 9.17) is 0 Å². The molecule has 1 N–H and O–H groups in total. The molecule has 2 aromatic rings. The number of anilines is 1. The average molecular weight is 307 g/mol. The van der Waals surface area contributed by atoms with Crippen LogP contribution >= 0.6 is 27.3 Å². The van der Waals surface area contributed by atoms with E-state index in [1.807, 2.05) is 42.6 Å². The third-order valence-electron chi connectivity index (χ3n) is 2.40. The maximum atomic E-state index is 9.21. The quantitative estimate of drug-likeness (QED) is 0.906. The third kappa shape index (κ3) is 2.87. The monoisotopic (exact) mass is 306 g/mol. The second-order valence-electron chi connectivity index (χ2n) is 3.71. The summed E-state index contributed by atoms with van der Waals surface area (Å²) in [5.74, 6) is 0. The number of hydrogen-bond acceptors (Lipinski definition) is 3. The van der Waals surface area contributed by atoms with Crippen LogP contribution < -0.4 is 5.32 Å². The summed E-state index contributed by atoms with van der Waals surface area (Å²) >= 11 is 5.02. The molecule has 0 fully saturated rings. The van der Waals surface area contributed by atoms with Crippen LogP contribution in [0, 0.1) is 18.3 Å². The normalized spacial score (nSPS) is 11.8. The van der Waals surface area contributed by atoms with E-state index >= 15 is 0 Å². The summed E-state index contributed by atoms with van der Waals surface area (Å²) < 4.78 is 0.980. The summed E-state index contributed by atoms with van der Waals surface area (Å²) in [7, 11) is 0. The average Bonchev–Trinajstić information content (AvgIpc) is 2.75. The van der Waals surface area contributed by atoms with Crippen LogP contribution in [0.4, 0.5) is 5.69 Å². The van der Waals surface area contributed by atoms with Crippen LogP contribution in [-0.2, 0) is 0 Å². The van der Waals surface area contributed by atoms with Crippen LogP contribution in [0.25, 0.3) is 0 Å². The molecule has 4 heteroatoms. The van der Waals surface area contributed by atoms with E-state index in [1.165, 1.54) is 5.56 Å². The van der Waals surface area contributed by atoms with Crippen LogP contribution in [0.5, 0.6) is 0 Å². The van der Waals surface area contributed by atoms with E-state index in [2.05, 4.69) is 27.3 Å². The molecule has 0 amide bonds. The van der Waals surface area contributed by atoms with Gasteiger partial charge in [-0.05, 0) is 46.4 Å². The Morgan fingerprint density at radius 2 is 2.00 bits per heavy atom. The number of nitrogens with one attached hydrogen (secondary N) is 1. The fraction of sp³-hybridized carbons (Fsp3) is 0.154. The summed E-state index contributed by atoms with van der Waals surface area (Å²) in [6.07, 6.45) is 0. The highest BCUT2D eigenvalue weighted by molar-refractivity contribution is 9.10. The van der Waals surface area contributed by atoms with Crippen molar-refractivity contribution in [2.24, 2.45) is 0 Å². The highest BCUT2D eigenvalue weighted by Gasteiger charge is 2.14. The Balaban J connectivity index is 2.19. The van der Waals surface area contributed by atoms with Crippen molar-refractivity contribution in [2.75, 3.05) is 5.32 Å². The van der Waals surface area contributed by atoms with Gasteiger partial charge in [-0.2, -0.15) is 5.26 Å². The van der Waals surface area contributed by atoms with Crippen molar-refractivity contribution in [3.63, 3.8) is 0 Å². The summed E-state index contributed by atoms with van der Waals surface area (Å²) in [4.78, 5) is 1.01. The van der Waals surface area contributed by atoms with Crippen molar-refractivity contribution in [3.8, 4) is 6.07 Å². The van der Waals surface area contributed by atoms with E-state index in [0.717, 1.165) is 15.0 Å². The standard InChI is InChI=1S/C13H11BrN2S/c1-9-2-4-10(5-3-9)16-12(8-15)13-11(14)6-7-17-13/h2-7,12,16H,1H3. The maximum Gasteiger partial charge on any atom is 0.150 e. The Bertz CT molecular complexity index is 539. The van der Waals surface area contributed by atoms with Crippen molar-refractivity contribution in [1.82, 2.24) is 0 Å². The molecule has 0 radical (unpaired) electrons. The van der Waals surface area contributed by atoms with Crippen molar-refractivity contribution in [1.29, 1.82) is 5.26 Å². The predicted octanol–water partition coefficient (Wildman–Crippen LogP) is 4.50. The number of hydrogen-bond donors (Lipinski definition) is 1. The highest BCUT2D eigenvalue weighted by atomic mass is 79.9. The zero-order valence-corrected chi connectivity index (χ0v) is 11.7. The molecule has 17 heavy (non-hydrogen) atoms. The van der Waals surface area contributed by atoms with Crippen LogP contribution in [0.1, 0.15) is 16.5 Å². The van der Waals surface area contributed by atoms with Crippen molar-refractivity contribution >= 4 is 33.0 Å². The number of aryl methyl sites for hydroxylation is 1.